The molecule has 0 saturated heterocycles. The Morgan fingerprint density at radius 2 is 2.21 bits per heavy atom. The van der Waals surface area contributed by atoms with E-state index >= 15 is 0 Å². The molecule has 2 aliphatic rings. The number of anilines is 1. The zero-order valence-corrected chi connectivity index (χ0v) is 8.79. The van der Waals surface area contributed by atoms with E-state index in [0.717, 1.165) is 5.92 Å². The van der Waals surface area contributed by atoms with Gasteiger partial charge in [-0.25, -0.2) is 0 Å². The van der Waals surface area contributed by atoms with E-state index in [1.54, 1.807) is 16.8 Å². The fraction of sp³-hybridized carbons (Fsp3) is 0.538. The van der Waals surface area contributed by atoms with Crippen LogP contribution in [0.5, 0.6) is 0 Å². The largest absolute Gasteiger partial charge is 0.371 e. The minimum Gasteiger partial charge on any atom is -0.371 e. The zero-order valence-electron chi connectivity index (χ0n) is 8.79. The highest BCUT2D eigenvalue weighted by Gasteiger charge is 2.26. The predicted molar refractivity (Wildman–Crippen MR) is 60.0 cm³/mol. The van der Waals surface area contributed by atoms with Gasteiger partial charge in [0.15, 0.2) is 0 Å². The molecule has 1 aromatic carbocycles. The molecule has 1 atom stereocenters. The van der Waals surface area contributed by atoms with Gasteiger partial charge in [0.05, 0.1) is 0 Å². The highest BCUT2D eigenvalue weighted by Crippen LogP contribution is 2.39. The van der Waals surface area contributed by atoms with Crippen LogP contribution in [0.2, 0.25) is 0 Å². The molecular weight excluding hydrogens is 170 g/mol. The van der Waals surface area contributed by atoms with Crippen molar-refractivity contribution in [2.45, 2.75) is 32.1 Å². The van der Waals surface area contributed by atoms with Crippen LogP contribution >= 0.6 is 0 Å². The van der Waals surface area contributed by atoms with Gasteiger partial charge in [-0.15, -0.1) is 0 Å². The van der Waals surface area contributed by atoms with Gasteiger partial charge in [0.1, 0.15) is 0 Å². The van der Waals surface area contributed by atoms with Crippen molar-refractivity contribution in [3.05, 3.63) is 29.3 Å². The lowest BCUT2D eigenvalue weighted by molar-refractivity contribution is 0.580. The summed E-state index contributed by atoms with van der Waals surface area (Å²) < 4.78 is 0. The summed E-state index contributed by atoms with van der Waals surface area (Å²) in [5.41, 5.74) is 4.76. The standard InChI is InChI=1S/C13H17N/c1-10-7-9-14-8-3-5-11-4-2-6-12(10)13(11)14/h2,4,6,10H,3,5,7-9H2,1H3. The van der Waals surface area contributed by atoms with Gasteiger partial charge in [0.2, 0.25) is 0 Å². The molecule has 0 amide bonds. The Labute approximate surface area is 85.7 Å². The fourth-order valence-electron chi connectivity index (χ4n) is 2.90. The Hall–Kier alpha value is -0.980. The average Bonchev–Trinajstić information content (AvgIpc) is 2.24. The van der Waals surface area contributed by atoms with Crippen LogP contribution in [0.25, 0.3) is 0 Å². The average molecular weight is 187 g/mol. The molecule has 1 aromatic rings. The fourth-order valence-corrected chi connectivity index (χ4v) is 2.90. The third-order valence-corrected chi connectivity index (χ3v) is 3.70. The maximum absolute atomic E-state index is 2.59. The third-order valence-electron chi connectivity index (χ3n) is 3.70. The van der Waals surface area contributed by atoms with E-state index in [1.807, 2.05) is 0 Å². The van der Waals surface area contributed by atoms with Crippen LogP contribution in [0.4, 0.5) is 5.69 Å². The minimum atomic E-state index is 0.763. The lowest BCUT2D eigenvalue weighted by atomic mass is 9.86. The molecule has 0 aliphatic carbocycles. The van der Waals surface area contributed by atoms with Crippen molar-refractivity contribution < 1.29 is 0 Å². The van der Waals surface area contributed by atoms with Crippen molar-refractivity contribution in [1.82, 2.24) is 0 Å². The Morgan fingerprint density at radius 1 is 1.29 bits per heavy atom. The summed E-state index contributed by atoms with van der Waals surface area (Å²) in [5, 5.41) is 0. The molecule has 0 spiro atoms. The van der Waals surface area contributed by atoms with Crippen LogP contribution in [0.15, 0.2) is 18.2 Å². The molecule has 0 saturated carbocycles. The van der Waals surface area contributed by atoms with Crippen molar-refractivity contribution in [2.75, 3.05) is 18.0 Å². The lowest BCUT2D eigenvalue weighted by Gasteiger charge is -2.39. The lowest BCUT2D eigenvalue weighted by Crippen LogP contribution is -2.35. The van der Waals surface area contributed by atoms with Crippen molar-refractivity contribution in [1.29, 1.82) is 0 Å². The van der Waals surface area contributed by atoms with Crippen molar-refractivity contribution in [3.8, 4) is 0 Å². The second-order valence-corrected chi connectivity index (χ2v) is 4.64. The molecule has 1 heteroatoms. The first-order valence-electron chi connectivity index (χ1n) is 5.73. The van der Waals surface area contributed by atoms with E-state index in [2.05, 4.69) is 30.0 Å². The summed E-state index contributed by atoms with van der Waals surface area (Å²) in [6, 6.07) is 6.86. The maximum Gasteiger partial charge on any atom is 0.0434 e. The van der Waals surface area contributed by atoms with E-state index in [4.69, 9.17) is 0 Å². The van der Waals surface area contributed by atoms with Crippen molar-refractivity contribution in [3.63, 3.8) is 0 Å². The topological polar surface area (TPSA) is 3.24 Å². The van der Waals surface area contributed by atoms with E-state index < -0.39 is 0 Å². The summed E-state index contributed by atoms with van der Waals surface area (Å²) >= 11 is 0. The van der Waals surface area contributed by atoms with E-state index in [-0.39, 0.29) is 0 Å². The van der Waals surface area contributed by atoms with Gasteiger partial charge < -0.3 is 4.90 Å². The molecule has 3 rings (SSSR count). The molecule has 2 aliphatic heterocycles. The predicted octanol–water partition coefficient (Wildman–Crippen LogP) is 2.95. The van der Waals surface area contributed by atoms with Gasteiger partial charge in [-0.05, 0) is 36.3 Å². The second kappa shape index (κ2) is 3.01. The first-order chi connectivity index (χ1) is 6.86. The molecule has 0 N–H and O–H groups in total. The highest BCUT2D eigenvalue weighted by molar-refractivity contribution is 5.63. The van der Waals surface area contributed by atoms with E-state index in [0.29, 0.717) is 0 Å². The number of hydrogen-bond donors (Lipinski definition) is 0. The number of benzene rings is 1. The Bertz CT molecular complexity index is 356. The molecule has 0 radical (unpaired) electrons. The van der Waals surface area contributed by atoms with Gasteiger partial charge in [-0.3, -0.25) is 0 Å². The summed E-state index contributed by atoms with van der Waals surface area (Å²) in [5.74, 6) is 0.763. The van der Waals surface area contributed by atoms with Crippen molar-refractivity contribution in [2.24, 2.45) is 0 Å². The molecule has 2 heterocycles. The third kappa shape index (κ3) is 1.08. The summed E-state index contributed by atoms with van der Waals surface area (Å²) in [4.78, 5) is 2.59. The van der Waals surface area contributed by atoms with Crippen LogP contribution in [0.3, 0.4) is 0 Å². The van der Waals surface area contributed by atoms with Crippen LogP contribution in [-0.2, 0) is 6.42 Å². The first kappa shape index (κ1) is 8.34. The molecule has 0 bridgehead atoms. The Balaban J connectivity index is 2.19. The van der Waals surface area contributed by atoms with Crippen LogP contribution < -0.4 is 4.90 Å². The first-order valence-corrected chi connectivity index (χ1v) is 5.73. The van der Waals surface area contributed by atoms with E-state index in [1.165, 1.54) is 32.4 Å². The monoisotopic (exact) mass is 187 g/mol. The van der Waals surface area contributed by atoms with Gasteiger partial charge >= 0.3 is 0 Å². The molecule has 0 aromatic heterocycles. The highest BCUT2D eigenvalue weighted by atomic mass is 15.1. The van der Waals surface area contributed by atoms with E-state index in [9.17, 15) is 0 Å². The smallest absolute Gasteiger partial charge is 0.0434 e. The number of aryl methyl sites for hydroxylation is 1. The molecular formula is C13H17N. The van der Waals surface area contributed by atoms with Gasteiger partial charge in [0, 0.05) is 18.8 Å². The molecule has 1 nitrogen and oxygen atoms in total. The molecule has 0 fully saturated rings. The van der Waals surface area contributed by atoms with Crippen molar-refractivity contribution >= 4 is 5.69 Å². The minimum absolute atomic E-state index is 0.763. The van der Waals surface area contributed by atoms with Gasteiger partial charge in [-0.2, -0.15) is 0 Å². The number of para-hydroxylation sites is 1. The summed E-state index contributed by atoms with van der Waals surface area (Å²) in [6.07, 6.45) is 3.95. The zero-order chi connectivity index (χ0) is 9.54. The number of hydrogen-bond acceptors (Lipinski definition) is 1. The normalized spacial score (nSPS) is 24.6. The van der Waals surface area contributed by atoms with Crippen LogP contribution in [0, 0.1) is 0 Å². The Kier molecular flexibility index (Phi) is 1.79. The summed E-state index contributed by atoms with van der Waals surface area (Å²) in [7, 11) is 0. The van der Waals surface area contributed by atoms with Gasteiger partial charge in [-0.1, -0.05) is 25.1 Å². The number of rotatable bonds is 0. The Morgan fingerprint density at radius 3 is 3.14 bits per heavy atom. The summed E-state index contributed by atoms with van der Waals surface area (Å²) in [6.45, 7) is 4.91. The maximum atomic E-state index is 2.59. The second-order valence-electron chi connectivity index (χ2n) is 4.64. The molecule has 14 heavy (non-hydrogen) atoms. The molecule has 1 unspecified atom stereocenters. The van der Waals surface area contributed by atoms with Gasteiger partial charge in [0.25, 0.3) is 0 Å². The molecule has 74 valence electrons. The number of nitrogens with zero attached hydrogens (tertiary/aromatic N) is 1. The quantitative estimate of drug-likeness (QED) is 0.603. The SMILES string of the molecule is CC1CCN2CCCc3cccc1c32. The van der Waals surface area contributed by atoms with Crippen LogP contribution in [0.1, 0.15) is 36.8 Å². The van der Waals surface area contributed by atoms with Crippen LogP contribution in [-0.4, -0.2) is 13.1 Å².